The third kappa shape index (κ3) is 4.28. The van der Waals surface area contributed by atoms with Crippen LogP contribution in [0.15, 0.2) is 47.4 Å². The average molecular weight is 470 g/mol. The molecule has 1 unspecified atom stereocenters. The molecule has 0 N–H and O–H groups in total. The molecule has 2 fully saturated rings. The van der Waals surface area contributed by atoms with Gasteiger partial charge >= 0.3 is 0 Å². The Morgan fingerprint density at radius 1 is 1.00 bits per heavy atom. The van der Waals surface area contributed by atoms with Gasteiger partial charge in [-0.1, -0.05) is 19.1 Å². The van der Waals surface area contributed by atoms with E-state index in [9.17, 15) is 13.2 Å². The summed E-state index contributed by atoms with van der Waals surface area (Å²) < 4.78 is 40.7. The van der Waals surface area contributed by atoms with E-state index in [0.717, 1.165) is 38.5 Å². The molecule has 176 valence electrons. The molecule has 0 spiro atoms. The number of ketones is 1. The maximum atomic E-state index is 13.8. The van der Waals surface area contributed by atoms with E-state index in [-0.39, 0.29) is 29.2 Å². The Bertz CT molecular complexity index is 1120. The van der Waals surface area contributed by atoms with Crippen LogP contribution in [0.2, 0.25) is 0 Å². The van der Waals surface area contributed by atoms with Crippen molar-refractivity contribution in [2.75, 3.05) is 17.5 Å². The van der Waals surface area contributed by atoms with Crippen molar-refractivity contribution in [1.82, 2.24) is 0 Å². The number of hydrogen-bond acceptors (Lipinski definition) is 5. The van der Waals surface area contributed by atoms with Crippen molar-refractivity contribution in [1.29, 1.82) is 0 Å². The van der Waals surface area contributed by atoms with Gasteiger partial charge in [-0.05, 0) is 74.4 Å². The highest BCUT2D eigenvalue weighted by atomic mass is 32.2. The normalized spacial score (nSPS) is 21.7. The van der Waals surface area contributed by atoms with E-state index in [2.05, 4.69) is 6.92 Å². The summed E-state index contributed by atoms with van der Waals surface area (Å²) in [6, 6.07) is 12.4. The Balaban J connectivity index is 1.45. The number of nitrogens with zero attached hydrogens (tertiary/aromatic N) is 1. The zero-order valence-electron chi connectivity index (χ0n) is 19.0. The lowest BCUT2D eigenvalue weighted by atomic mass is 9.87. The van der Waals surface area contributed by atoms with Gasteiger partial charge in [-0.3, -0.25) is 9.10 Å². The molecule has 0 bridgehead atoms. The zero-order chi connectivity index (χ0) is 23.0. The first-order chi connectivity index (χ1) is 16.0. The minimum Gasteiger partial charge on any atom is -0.489 e. The second-order valence-corrected chi connectivity index (χ2v) is 11.1. The highest BCUT2D eigenvalue weighted by Gasteiger charge is 2.38. The third-order valence-electron chi connectivity index (χ3n) is 7.27. The van der Waals surface area contributed by atoms with Crippen LogP contribution in [-0.4, -0.2) is 39.6 Å². The van der Waals surface area contributed by atoms with Gasteiger partial charge in [0.2, 0.25) is 0 Å². The summed E-state index contributed by atoms with van der Waals surface area (Å²) in [6.07, 6.45) is 5.49. The number of fused-ring (bicyclic) bond motifs is 1. The summed E-state index contributed by atoms with van der Waals surface area (Å²) in [7, 11) is -3.82. The van der Waals surface area contributed by atoms with E-state index in [1.54, 1.807) is 16.4 Å². The Morgan fingerprint density at radius 3 is 2.36 bits per heavy atom. The van der Waals surface area contributed by atoms with Crippen LogP contribution < -0.4 is 9.04 Å². The first-order valence-electron chi connectivity index (χ1n) is 12.0. The molecule has 0 aromatic heterocycles. The van der Waals surface area contributed by atoms with E-state index >= 15 is 0 Å². The fourth-order valence-electron chi connectivity index (χ4n) is 5.00. The molecule has 5 rings (SSSR count). The summed E-state index contributed by atoms with van der Waals surface area (Å²) in [5, 5.41) is 0. The van der Waals surface area contributed by atoms with Crippen LogP contribution in [-0.2, 0) is 21.2 Å². The Kier molecular flexibility index (Phi) is 6.18. The molecule has 6 nitrogen and oxygen atoms in total. The van der Waals surface area contributed by atoms with Crippen molar-refractivity contribution in [2.45, 2.75) is 68.9 Å². The molecule has 3 aliphatic rings. The van der Waals surface area contributed by atoms with Crippen LogP contribution in [0.1, 0.15) is 61.4 Å². The van der Waals surface area contributed by atoms with Crippen molar-refractivity contribution in [3.8, 4) is 5.75 Å². The Labute approximate surface area is 195 Å². The van der Waals surface area contributed by atoms with E-state index in [1.165, 1.54) is 11.6 Å². The van der Waals surface area contributed by atoms with Gasteiger partial charge < -0.3 is 9.47 Å². The standard InChI is InChI=1S/C26H31NO5S/c1-2-18-6-8-21(9-7-18)27(20-4-3-5-20)33(29,30)22-10-11-25-23(16-22)24(28)17-26(32-25)19-12-14-31-15-13-19/h6-11,16,19-20,26H,2-5,12-15,17H2,1H3. The van der Waals surface area contributed by atoms with E-state index in [1.807, 2.05) is 24.3 Å². The van der Waals surface area contributed by atoms with Gasteiger partial charge in [0.15, 0.2) is 5.78 Å². The van der Waals surface area contributed by atoms with Gasteiger partial charge in [0.25, 0.3) is 10.0 Å². The molecule has 1 saturated heterocycles. The molecule has 0 amide bonds. The number of ether oxygens (including phenoxy) is 2. The van der Waals surface area contributed by atoms with E-state index in [4.69, 9.17) is 9.47 Å². The SMILES string of the molecule is CCc1ccc(N(C2CCC2)S(=O)(=O)c2ccc3c(c2)C(=O)CC(C2CCOCC2)O3)cc1. The van der Waals surface area contributed by atoms with Crippen molar-refractivity contribution < 1.29 is 22.7 Å². The van der Waals surface area contributed by atoms with E-state index < -0.39 is 10.0 Å². The fraction of sp³-hybridized carbons (Fsp3) is 0.500. The number of Topliss-reactive ketones (excluding diaryl/α,β-unsaturated/α-hetero) is 1. The molecule has 2 aromatic rings. The van der Waals surface area contributed by atoms with Crippen molar-refractivity contribution in [3.63, 3.8) is 0 Å². The predicted molar refractivity (Wildman–Crippen MR) is 126 cm³/mol. The van der Waals surface area contributed by atoms with Crippen molar-refractivity contribution in [3.05, 3.63) is 53.6 Å². The van der Waals surface area contributed by atoms with Crippen LogP contribution >= 0.6 is 0 Å². The molecule has 2 aromatic carbocycles. The first-order valence-corrected chi connectivity index (χ1v) is 13.5. The Hall–Kier alpha value is -2.38. The molecular formula is C26H31NO5S. The zero-order valence-corrected chi connectivity index (χ0v) is 19.9. The van der Waals surface area contributed by atoms with Crippen molar-refractivity contribution in [2.24, 2.45) is 5.92 Å². The molecular weight excluding hydrogens is 438 g/mol. The molecule has 0 radical (unpaired) electrons. The lowest BCUT2D eigenvalue weighted by Gasteiger charge is -2.38. The molecule has 7 heteroatoms. The van der Waals surface area contributed by atoms with Gasteiger partial charge in [0.1, 0.15) is 11.9 Å². The summed E-state index contributed by atoms with van der Waals surface area (Å²) in [5.74, 6) is 0.732. The fourth-order valence-corrected chi connectivity index (χ4v) is 6.73. The Morgan fingerprint density at radius 2 is 1.73 bits per heavy atom. The maximum Gasteiger partial charge on any atom is 0.264 e. The number of hydrogen-bond donors (Lipinski definition) is 0. The highest BCUT2D eigenvalue weighted by molar-refractivity contribution is 7.92. The minimum atomic E-state index is -3.82. The molecule has 1 aliphatic carbocycles. The number of anilines is 1. The van der Waals surface area contributed by atoms with Crippen LogP contribution in [0.25, 0.3) is 0 Å². The monoisotopic (exact) mass is 469 g/mol. The molecule has 33 heavy (non-hydrogen) atoms. The summed E-state index contributed by atoms with van der Waals surface area (Å²) in [6.45, 7) is 3.46. The predicted octanol–water partition coefficient (Wildman–Crippen LogP) is 4.76. The van der Waals surface area contributed by atoms with E-state index in [0.29, 0.717) is 36.1 Å². The lowest BCUT2D eigenvalue weighted by molar-refractivity contribution is 0.0119. The van der Waals surface area contributed by atoms with Crippen molar-refractivity contribution >= 4 is 21.5 Å². The topological polar surface area (TPSA) is 72.9 Å². The molecule has 1 atom stereocenters. The second kappa shape index (κ2) is 9.11. The van der Waals surface area contributed by atoms with Gasteiger partial charge in [0, 0.05) is 31.6 Å². The largest absolute Gasteiger partial charge is 0.489 e. The van der Waals surface area contributed by atoms with Gasteiger partial charge in [-0.15, -0.1) is 0 Å². The lowest BCUT2D eigenvalue weighted by Crippen LogP contribution is -2.44. The van der Waals surface area contributed by atoms with Gasteiger partial charge in [-0.2, -0.15) is 0 Å². The number of carbonyl (C=O) groups is 1. The number of sulfonamides is 1. The minimum absolute atomic E-state index is 0.0488. The summed E-state index contributed by atoms with van der Waals surface area (Å²) in [5.41, 5.74) is 2.21. The van der Waals surface area contributed by atoms with Gasteiger partial charge in [-0.25, -0.2) is 8.42 Å². The quantitative estimate of drug-likeness (QED) is 0.610. The average Bonchev–Trinajstić information content (AvgIpc) is 2.81. The maximum absolute atomic E-state index is 13.8. The van der Waals surface area contributed by atoms with Crippen LogP contribution in [0.5, 0.6) is 5.75 Å². The molecule has 2 aliphatic heterocycles. The number of benzene rings is 2. The summed E-state index contributed by atoms with van der Waals surface area (Å²) in [4.78, 5) is 13.2. The number of rotatable bonds is 6. The first kappa shape index (κ1) is 22.4. The highest BCUT2D eigenvalue weighted by Crippen LogP contribution is 2.38. The van der Waals surface area contributed by atoms with Crippen LogP contribution in [0.3, 0.4) is 0 Å². The van der Waals surface area contributed by atoms with Crippen LogP contribution in [0.4, 0.5) is 5.69 Å². The third-order valence-corrected chi connectivity index (χ3v) is 9.15. The second-order valence-electron chi connectivity index (χ2n) is 9.30. The number of aryl methyl sites for hydroxylation is 1. The van der Waals surface area contributed by atoms with Gasteiger partial charge in [0.05, 0.1) is 16.1 Å². The smallest absolute Gasteiger partial charge is 0.264 e. The van der Waals surface area contributed by atoms with Crippen LogP contribution in [0, 0.1) is 5.92 Å². The molecule has 1 saturated carbocycles. The molecule has 2 heterocycles. The summed E-state index contributed by atoms with van der Waals surface area (Å²) >= 11 is 0. The number of carbonyl (C=O) groups excluding carboxylic acids is 1.